The van der Waals surface area contributed by atoms with Crippen LogP contribution in [-0.2, 0) is 4.74 Å². The Morgan fingerprint density at radius 1 is 1.21 bits per heavy atom. The number of rotatable bonds is 1. The summed E-state index contributed by atoms with van der Waals surface area (Å²) < 4.78 is 5.54. The van der Waals surface area contributed by atoms with E-state index in [4.69, 9.17) is 4.74 Å². The number of amides is 1. The Labute approximate surface area is 123 Å². The highest BCUT2D eigenvalue weighted by Gasteiger charge is 2.41. The van der Waals surface area contributed by atoms with E-state index in [1.54, 1.807) is 0 Å². The molecule has 3 aliphatic rings. The lowest BCUT2D eigenvalue weighted by Crippen LogP contribution is -2.41. The maximum absolute atomic E-state index is 11.3. The summed E-state index contributed by atoms with van der Waals surface area (Å²) in [6.07, 6.45) is 2.90. The van der Waals surface area contributed by atoms with Gasteiger partial charge in [-0.05, 0) is 19.4 Å². The summed E-state index contributed by atoms with van der Waals surface area (Å²) in [6, 6.07) is 0.706. The first-order chi connectivity index (χ1) is 9.27. The molecule has 4 nitrogen and oxygen atoms in total. The molecule has 6 heteroatoms. The van der Waals surface area contributed by atoms with Gasteiger partial charge >= 0.3 is 6.09 Å². The highest BCUT2D eigenvalue weighted by molar-refractivity contribution is 8.03. The monoisotopic (exact) mass is 302 g/mol. The molecule has 0 aromatic rings. The molecule has 1 unspecified atom stereocenters. The van der Waals surface area contributed by atoms with Crippen LogP contribution in [0.25, 0.3) is 0 Å². The second-order valence-electron chi connectivity index (χ2n) is 5.62. The Bertz CT molecular complexity index is 335. The first kappa shape index (κ1) is 13.9. The van der Waals surface area contributed by atoms with Crippen molar-refractivity contribution in [3.8, 4) is 0 Å². The van der Waals surface area contributed by atoms with Crippen LogP contribution in [0, 0.1) is 0 Å². The van der Waals surface area contributed by atoms with Crippen molar-refractivity contribution in [2.75, 3.05) is 42.6 Å². The van der Waals surface area contributed by atoms with E-state index in [2.05, 4.69) is 33.7 Å². The van der Waals surface area contributed by atoms with Crippen LogP contribution in [0.15, 0.2) is 0 Å². The fourth-order valence-corrected chi connectivity index (χ4v) is 5.78. The summed E-state index contributed by atoms with van der Waals surface area (Å²) in [6.45, 7) is 2.93. The van der Waals surface area contributed by atoms with Crippen molar-refractivity contribution in [3.05, 3.63) is 0 Å². The third-order valence-corrected chi connectivity index (χ3v) is 6.79. The van der Waals surface area contributed by atoms with Crippen LogP contribution in [0.5, 0.6) is 0 Å². The van der Waals surface area contributed by atoms with Gasteiger partial charge in [0.25, 0.3) is 0 Å². The van der Waals surface area contributed by atoms with Crippen molar-refractivity contribution in [1.29, 1.82) is 0 Å². The van der Waals surface area contributed by atoms with Crippen molar-refractivity contribution in [3.63, 3.8) is 0 Å². The highest BCUT2D eigenvalue weighted by atomic mass is 32.2. The van der Waals surface area contributed by atoms with Crippen molar-refractivity contribution in [2.45, 2.75) is 30.9 Å². The molecule has 0 saturated carbocycles. The van der Waals surface area contributed by atoms with Gasteiger partial charge in [-0.2, -0.15) is 23.5 Å². The van der Waals surface area contributed by atoms with E-state index in [-0.39, 0.29) is 11.7 Å². The topological polar surface area (TPSA) is 41.6 Å². The number of likely N-dealkylation sites (tertiary alicyclic amines) is 1. The van der Waals surface area contributed by atoms with Crippen molar-refractivity contribution in [1.82, 2.24) is 10.2 Å². The van der Waals surface area contributed by atoms with Crippen molar-refractivity contribution < 1.29 is 9.53 Å². The Hall–Kier alpha value is -0.0700. The fraction of sp³-hybridized carbons (Fsp3) is 0.923. The van der Waals surface area contributed by atoms with Crippen LogP contribution in [0.2, 0.25) is 0 Å². The van der Waals surface area contributed by atoms with Gasteiger partial charge < -0.3 is 10.1 Å². The molecule has 1 atom stereocenters. The van der Waals surface area contributed by atoms with E-state index in [0.717, 1.165) is 32.4 Å². The van der Waals surface area contributed by atoms with Crippen LogP contribution >= 0.6 is 23.5 Å². The van der Waals surface area contributed by atoms with Gasteiger partial charge in [0.15, 0.2) is 0 Å². The minimum Gasteiger partial charge on any atom is -0.441 e. The maximum atomic E-state index is 11.3. The molecule has 108 valence electrons. The summed E-state index contributed by atoms with van der Waals surface area (Å²) in [5.41, 5.74) is -0.211. The number of nitrogens with one attached hydrogen (secondary N) is 1. The Balaban J connectivity index is 1.59. The molecule has 0 bridgehead atoms. The molecule has 0 aliphatic carbocycles. The standard InChI is InChI=1S/C13H22N2O2S2/c16-12-14-10-13(17-12)2-1-4-15(5-3-13)11-8-18-6-7-19-9-11/h11H,1-10H2,(H,14,16). The van der Waals surface area contributed by atoms with Gasteiger partial charge in [-0.15, -0.1) is 0 Å². The zero-order chi connectivity index (χ0) is 13.1. The van der Waals surface area contributed by atoms with Crippen molar-refractivity contribution in [2.24, 2.45) is 0 Å². The number of alkyl carbamates (subject to hydrolysis) is 1. The lowest BCUT2D eigenvalue weighted by molar-refractivity contribution is 0.0438. The minimum absolute atomic E-state index is 0.211. The second-order valence-corrected chi connectivity index (χ2v) is 7.92. The molecule has 3 fully saturated rings. The fourth-order valence-electron chi connectivity index (χ4n) is 3.15. The van der Waals surface area contributed by atoms with Crippen LogP contribution in [0.3, 0.4) is 0 Å². The van der Waals surface area contributed by atoms with Gasteiger partial charge in [0.1, 0.15) is 5.60 Å². The first-order valence-electron chi connectivity index (χ1n) is 7.14. The molecule has 1 spiro atoms. The molecule has 3 heterocycles. The number of nitrogens with zero attached hydrogens (tertiary/aromatic N) is 1. The molecular weight excluding hydrogens is 280 g/mol. The number of carbonyl (C=O) groups is 1. The third-order valence-electron chi connectivity index (χ3n) is 4.31. The summed E-state index contributed by atoms with van der Waals surface area (Å²) in [7, 11) is 0. The minimum atomic E-state index is -0.228. The molecule has 1 N–H and O–H groups in total. The summed E-state index contributed by atoms with van der Waals surface area (Å²) in [4.78, 5) is 13.9. The van der Waals surface area contributed by atoms with Crippen molar-refractivity contribution >= 4 is 29.6 Å². The first-order valence-corrected chi connectivity index (χ1v) is 9.45. The molecule has 0 radical (unpaired) electrons. The van der Waals surface area contributed by atoms with E-state index in [0.29, 0.717) is 12.6 Å². The predicted molar refractivity (Wildman–Crippen MR) is 81.1 cm³/mol. The maximum Gasteiger partial charge on any atom is 0.407 e. The second kappa shape index (κ2) is 6.14. The van der Waals surface area contributed by atoms with Gasteiger partial charge in [-0.3, -0.25) is 4.90 Å². The van der Waals surface area contributed by atoms with Crippen LogP contribution in [-0.4, -0.2) is 65.3 Å². The smallest absolute Gasteiger partial charge is 0.407 e. The average molecular weight is 302 g/mol. The van der Waals surface area contributed by atoms with Gasteiger partial charge in [-0.1, -0.05) is 0 Å². The molecule has 0 aromatic heterocycles. The third kappa shape index (κ3) is 3.34. The molecule has 3 rings (SSSR count). The van der Waals surface area contributed by atoms with Gasteiger partial charge in [0.05, 0.1) is 6.54 Å². The molecule has 1 amide bonds. The molecular formula is C13H22N2O2S2. The SMILES string of the molecule is O=C1NCC2(CCCN(C3CSCCSC3)CC2)O1. The van der Waals surface area contributed by atoms with Gasteiger partial charge in [0.2, 0.25) is 0 Å². The van der Waals surface area contributed by atoms with Crippen LogP contribution in [0.4, 0.5) is 4.79 Å². The van der Waals surface area contributed by atoms with E-state index < -0.39 is 0 Å². The van der Waals surface area contributed by atoms with E-state index in [1.807, 2.05) is 0 Å². The molecule has 19 heavy (non-hydrogen) atoms. The van der Waals surface area contributed by atoms with Gasteiger partial charge in [-0.25, -0.2) is 4.79 Å². The zero-order valence-electron chi connectivity index (χ0n) is 11.2. The number of thioether (sulfide) groups is 2. The molecule has 3 aliphatic heterocycles. The normalized spacial score (nSPS) is 34.6. The number of ether oxygens (including phenoxy) is 1. The Kier molecular flexibility index (Phi) is 4.49. The lowest BCUT2D eigenvalue weighted by atomic mass is 9.95. The number of hydrogen-bond donors (Lipinski definition) is 1. The molecule has 0 aromatic carbocycles. The highest BCUT2D eigenvalue weighted by Crippen LogP contribution is 2.31. The Morgan fingerprint density at radius 2 is 2.00 bits per heavy atom. The van der Waals surface area contributed by atoms with Crippen LogP contribution in [0.1, 0.15) is 19.3 Å². The number of hydrogen-bond acceptors (Lipinski definition) is 5. The quantitative estimate of drug-likeness (QED) is 0.800. The summed E-state index contributed by atoms with van der Waals surface area (Å²) in [5, 5.41) is 2.82. The Morgan fingerprint density at radius 3 is 2.68 bits per heavy atom. The van der Waals surface area contributed by atoms with E-state index in [9.17, 15) is 4.79 Å². The zero-order valence-corrected chi connectivity index (χ0v) is 12.9. The lowest BCUT2D eigenvalue weighted by Gasteiger charge is -2.30. The van der Waals surface area contributed by atoms with Gasteiger partial charge in [0, 0.05) is 42.0 Å². The number of carbonyl (C=O) groups excluding carboxylic acids is 1. The average Bonchev–Trinajstić information content (AvgIpc) is 2.64. The van der Waals surface area contributed by atoms with Crippen LogP contribution < -0.4 is 5.32 Å². The van der Waals surface area contributed by atoms with E-state index >= 15 is 0 Å². The van der Waals surface area contributed by atoms with E-state index in [1.165, 1.54) is 23.0 Å². The predicted octanol–water partition coefficient (Wildman–Crippen LogP) is 1.80. The largest absolute Gasteiger partial charge is 0.441 e. The molecule has 3 saturated heterocycles. The summed E-state index contributed by atoms with van der Waals surface area (Å²) >= 11 is 4.18. The summed E-state index contributed by atoms with van der Waals surface area (Å²) in [5.74, 6) is 5.11.